The number of anilines is 1. The maximum absolute atomic E-state index is 14.6. The number of hydrogen-bond donors (Lipinski definition) is 1. The summed E-state index contributed by atoms with van der Waals surface area (Å²) in [6.07, 6.45) is -5.81. The minimum absolute atomic E-state index is 0.160. The van der Waals surface area contributed by atoms with Gasteiger partial charge in [-0.2, -0.15) is 18.2 Å². The topological polar surface area (TPSA) is 46.9 Å². The van der Waals surface area contributed by atoms with Crippen molar-refractivity contribution in [1.29, 1.82) is 0 Å². The standard InChI is InChI=1S/C18H12F5N3O/c19-11-8-13(11)24-16-15-12(20)6-9(18(21,22)23)7-14(15)26(17(27)25-16)10-4-2-1-3-5-10/h1-7,11,13H,8H2,(H,24,25,27)/t11-,13-/m0/s1. The second-order valence-electron chi connectivity index (χ2n) is 6.27. The van der Waals surface area contributed by atoms with Crippen LogP contribution in [0.1, 0.15) is 12.0 Å². The van der Waals surface area contributed by atoms with E-state index in [9.17, 15) is 26.7 Å². The van der Waals surface area contributed by atoms with Crippen molar-refractivity contribution in [2.24, 2.45) is 0 Å². The predicted octanol–water partition coefficient (Wildman–Crippen LogP) is 4.07. The molecular formula is C18H12F5N3O. The van der Waals surface area contributed by atoms with E-state index in [0.717, 1.165) is 4.57 Å². The van der Waals surface area contributed by atoms with Crippen molar-refractivity contribution in [3.63, 3.8) is 0 Å². The summed E-state index contributed by atoms with van der Waals surface area (Å²) in [5.74, 6) is -1.46. The third kappa shape index (κ3) is 3.13. The lowest BCUT2D eigenvalue weighted by Gasteiger charge is -2.16. The van der Waals surface area contributed by atoms with Gasteiger partial charge in [-0.05, 0) is 24.3 Å². The summed E-state index contributed by atoms with van der Waals surface area (Å²) in [6.45, 7) is 0. The van der Waals surface area contributed by atoms with Crippen LogP contribution < -0.4 is 11.0 Å². The summed E-state index contributed by atoms with van der Waals surface area (Å²) < 4.78 is 68.3. The molecule has 0 aliphatic heterocycles. The summed E-state index contributed by atoms with van der Waals surface area (Å²) in [5.41, 5.74) is -2.19. The summed E-state index contributed by atoms with van der Waals surface area (Å²) in [5, 5.41) is 2.31. The summed E-state index contributed by atoms with van der Waals surface area (Å²) in [7, 11) is 0. The Bertz CT molecular complexity index is 1080. The minimum Gasteiger partial charge on any atom is -0.363 e. The molecule has 2 atom stereocenters. The molecule has 4 rings (SSSR count). The molecule has 1 N–H and O–H groups in total. The summed E-state index contributed by atoms with van der Waals surface area (Å²) in [4.78, 5) is 16.3. The van der Waals surface area contributed by atoms with Crippen LogP contribution >= 0.6 is 0 Å². The Morgan fingerprint density at radius 2 is 1.81 bits per heavy atom. The molecule has 2 aromatic carbocycles. The zero-order valence-corrected chi connectivity index (χ0v) is 13.6. The van der Waals surface area contributed by atoms with Gasteiger partial charge in [0, 0.05) is 6.42 Å². The Hall–Kier alpha value is -2.97. The zero-order valence-electron chi connectivity index (χ0n) is 13.6. The molecule has 1 aromatic heterocycles. The van der Waals surface area contributed by atoms with Crippen LogP contribution in [0.25, 0.3) is 16.6 Å². The van der Waals surface area contributed by atoms with Crippen LogP contribution in [0.3, 0.4) is 0 Å². The summed E-state index contributed by atoms with van der Waals surface area (Å²) >= 11 is 0. The first-order valence-electron chi connectivity index (χ1n) is 8.05. The van der Waals surface area contributed by atoms with Crippen LogP contribution in [0, 0.1) is 5.82 Å². The highest BCUT2D eigenvalue weighted by Crippen LogP contribution is 2.36. The fourth-order valence-corrected chi connectivity index (χ4v) is 2.89. The van der Waals surface area contributed by atoms with E-state index in [1.807, 2.05) is 0 Å². The van der Waals surface area contributed by atoms with Gasteiger partial charge in [0.15, 0.2) is 0 Å². The van der Waals surface area contributed by atoms with E-state index in [0.29, 0.717) is 12.1 Å². The molecule has 0 unspecified atom stereocenters. The average molecular weight is 381 g/mol. The molecule has 9 heteroatoms. The zero-order chi connectivity index (χ0) is 19.3. The Labute approximate surface area is 149 Å². The van der Waals surface area contributed by atoms with Crippen LogP contribution in [-0.4, -0.2) is 21.8 Å². The summed E-state index contributed by atoms with van der Waals surface area (Å²) in [6, 6.07) is 8.21. The van der Waals surface area contributed by atoms with Crippen LogP contribution in [0.2, 0.25) is 0 Å². The van der Waals surface area contributed by atoms with Crippen molar-refractivity contribution in [2.75, 3.05) is 5.32 Å². The molecule has 0 saturated heterocycles. The van der Waals surface area contributed by atoms with Gasteiger partial charge in [0.25, 0.3) is 0 Å². The Kier molecular flexibility index (Phi) is 3.90. The lowest BCUT2D eigenvalue weighted by molar-refractivity contribution is -0.137. The molecule has 0 spiro atoms. The van der Waals surface area contributed by atoms with Crippen molar-refractivity contribution < 1.29 is 22.0 Å². The molecule has 1 aliphatic carbocycles. The number of fused-ring (bicyclic) bond motifs is 1. The van der Waals surface area contributed by atoms with Crippen molar-refractivity contribution in [3.05, 3.63) is 64.3 Å². The van der Waals surface area contributed by atoms with E-state index in [-0.39, 0.29) is 28.8 Å². The van der Waals surface area contributed by atoms with Gasteiger partial charge >= 0.3 is 11.9 Å². The monoisotopic (exact) mass is 381 g/mol. The number of nitrogens with zero attached hydrogens (tertiary/aromatic N) is 2. The minimum atomic E-state index is -4.80. The van der Waals surface area contributed by atoms with Crippen molar-refractivity contribution in [3.8, 4) is 5.69 Å². The van der Waals surface area contributed by atoms with Crippen LogP contribution in [0.4, 0.5) is 27.8 Å². The SMILES string of the molecule is O=c1nc(N[C@H]2C[C@@H]2F)c2c(F)cc(C(F)(F)F)cc2n1-c1ccccc1. The van der Waals surface area contributed by atoms with Crippen LogP contribution in [0.15, 0.2) is 47.3 Å². The van der Waals surface area contributed by atoms with E-state index >= 15 is 0 Å². The highest BCUT2D eigenvalue weighted by molar-refractivity contribution is 5.91. The fourth-order valence-electron chi connectivity index (χ4n) is 2.89. The van der Waals surface area contributed by atoms with Crippen molar-refractivity contribution >= 4 is 16.7 Å². The van der Waals surface area contributed by atoms with Gasteiger partial charge in [-0.15, -0.1) is 0 Å². The number of aromatic nitrogens is 2. The number of para-hydroxylation sites is 1. The van der Waals surface area contributed by atoms with Crippen molar-refractivity contribution in [1.82, 2.24) is 9.55 Å². The van der Waals surface area contributed by atoms with Gasteiger partial charge in [-0.3, -0.25) is 4.57 Å². The van der Waals surface area contributed by atoms with Gasteiger partial charge in [0.05, 0.1) is 28.2 Å². The smallest absolute Gasteiger partial charge is 0.363 e. The predicted molar refractivity (Wildman–Crippen MR) is 89.2 cm³/mol. The normalized spacial score (nSPS) is 19.3. The van der Waals surface area contributed by atoms with Gasteiger partial charge in [-0.25, -0.2) is 13.6 Å². The Morgan fingerprint density at radius 3 is 2.41 bits per heavy atom. The van der Waals surface area contributed by atoms with E-state index < -0.39 is 35.5 Å². The molecule has 0 amide bonds. The molecule has 140 valence electrons. The van der Waals surface area contributed by atoms with E-state index in [4.69, 9.17) is 0 Å². The number of hydrogen-bond acceptors (Lipinski definition) is 3. The van der Waals surface area contributed by atoms with Gasteiger partial charge in [0.1, 0.15) is 17.8 Å². The second kappa shape index (κ2) is 6.04. The fraction of sp³-hybridized carbons (Fsp3) is 0.222. The molecule has 1 fully saturated rings. The molecule has 1 heterocycles. The number of benzene rings is 2. The maximum Gasteiger partial charge on any atom is 0.416 e. The third-order valence-corrected chi connectivity index (χ3v) is 4.32. The first-order valence-corrected chi connectivity index (χ1v) is 8.05. The molecular weight excluding hydrogens is 369 g/mol. The molecule has 27 heavy (non-hydrogen) atoms. The maximum atomic E-state index is 14.6. The number of rotatable bonds is 3. The van der Waals surface area contributed by atoms with E-state index in [2.05, 4.69) is 10.3 Å². The lowest BCUT2D eigenvalue weighted by atomic mass is 10.1. The highest BCUT2D eigenvalue weighted by Gasteiger charge is 2.39. The van der Waals surface area contributed by atoms with E-state index in [1.54, 1.807) is 18.2 Å². The Balaban J connectivity index is 2.05. The lowest BCUT2D eigenvalue weighted by Crippen LogP contribution is -2.25. The quantitative estimate of drug-likeness (QED) is 0.696. The largest absolute Gasteiger partial charge is 0.416 e. The number of halogens is 5. The van der Waals surface area contributed by atoms with Crippen LogP contribution in [-0.2, 0) is 6.18 Å². The molecule has 3 aromatic rings. The first-order chi connectivity index (χ1) is 12.8. The van der Waals surface area contributed by atoms with Gasteiger partial charge in [0.2, 0.25) is 0 Å². The first kappa shape index (κ1) is 17.4. The number of nitrogens with one attached hydrogen (secondary N) is 1. The van der Waals surface area contributed by atoms with Crippen LogP contribution in [0.5, 0.6) is 0 Å². The van der Waals surface area contributed by atoms with Crippen molar-refractivity contribution in [2.45, 2.75) is 24.8 Å². The average Bonchev–Trinajstić information content (AvgIpc) is 3.29. The number of alkyl halides is 4. The second-order valence-corrected chi connectivity index (χ2v) is 6.27. The van der Waals surface area contributed by atoms with Gasteiger partial charge < -0.3 is 5.32 Å². The molecule has 1 saturated carbocycles. The Morgan fingerprint density at radius 1 is 1.15 bits per heavy atom. The molecule has 4 nitrogen and oxygen atoms in total. The highest BCUT2D eigenvalue weighted by atomic mass is 19.4. The molecule has 0 radical (unpaired) electrons. The third-order valence-electron chi connectivity index (χ3n) is 4.32. The van der Waals surface area contributed by atoms with Gasteiger partial charge in [-0.1, -0.05) is 18.2 Å². The molecule has 1 aliphatic rings. The molecule has 0 bridgehead atoms. The van der Waals surface area contributed by atoms with E-state index in [1.165, 1.54) is 12.1 Å².